The van der Waals surface area contributed by atoms with Crippen LogP contribution in [0.25, 0.3) is 11.1 Å². The fourth-order valence-corrected chi connectivity index (χ4v) is 4.26. The summed E-state index contributed by atoms with van der Waals surface area (Å²) in [4.78, 5) is 35.7. The van der Waals surface area contributed by atoms with Gasteiger partial charge in [0.2, 0.25) is 17.6 Å². The molecule has 3 rings (SSSR count). The van der Waals surface area contributed by atoms with Crippen LogP contribution in [0.2, 0.25) is 0 Å². The SMILES string of the molecule is COC1(C(=O)[O-])C[C@H](O)[C@@H](NC(C)=O)[C@H]([C@H](O)[C@H](O)CNC(=O)Cc2ccc(-c3ccccc3)cc2)O1.[Na+]. The first-order valence-electron chi connectivity index (χ1n) is 11.7. The molecule has 0 aromatic heterocycles. The van der Waals surface area contributed by atoms with E-state index in [0.717, 1.165) is 30.7 Å². The molecular formula is C26H31N2NaO9. The van der Waals surface area contributed by atoms with Gasteiger partial charge >= 0.3 is 29.6 Å². The number of carboxylic acids is 1. The zero-order valence-electron chi connectivity index (χ0n) is 21.5. The summed E-state index contributed by atoms with van der Waals surface area (Å²) in [5.74, 6) is -5.21. The van der Waals surface area contributed by atoms with E-state index in [1.807, 2.05) is 54.6 Å². The number of benzene rings is 2. The van der Waals surface area contributed by atoms with Gasteiger partial charge in [-0.3, -0.25) is 9.59 Å². The van der Waals surface area contributed by atoms with Gasteiger partial charge in [0.1, 0.15) is 18.2 Å². The smallest absolute Gasteiger partial charge is 0.544 e. The van der Waals surface area contributed by atoms with Crippen molar-refractivity contribution in [2.45, 2.75) is 56.0 Å². The number of ether oxygens (including phenoxy) is 2. The Balaban J connectivity index is 0.00000507. The molecule has 0 bridgehead atoms. The molecule has 12 heteroatoms. The number of nitrogens with one attached hydrogen (secondary N) is 2. The molecule has 0 spiro atoms. The second-order valence-electron chi connectivity index (χ2n) is 8.93. The van der Waals surface area contributed by atoms with E-state index in [1.165, 1.54) is 0 Å². The molecule has 1 unspecified atom stereocenters. The number of methoxy groups -OCH3 is 1. The second kappa shape index (κ2) is 14.2. The minimum Gasteiger partial charge on any atom is -0.544 e. The van der Waals surface area contributed by atoms with Crippen molar-refractivity contribution in [2.75, 3.05) is 13.7 Å². The third-order valence-corrected chi connectivity index (χ3v) is 6.25. The average Bonchev–Trinajstić information content (AvgIpc) is 2.88. The maximum atomic E-state index is 12.4. The maximum Gasteiger partial charge on any atom is 1.00 e. The molecule has 200 valence electrons. The first-order valence-corrected chi connectivity index (χ1v) is 11.7. The largest absolute Gasteiger partial charge is 1.00 e. The standard InChI is InChI=1S/C26H32N2O9.Na/c1-15(29)28-22-19(30)13-26(36-2,25(34)35)37-24(22)23(33)20(31)14-27-21(32)12-16-8-10-18(11-9-16)17-6-4-3-5-7-17;/h3-11,19-20,22-24,30-31,33H,12-14H2,1-2H3,(H,27,32)(H,28,29)(H,34,35);/q;+1/p-1/t19-,20+,22+,23+,24+,26?;/m0./s1. The van der Waals surface area contributed by atoms with E-state index in [1.54, 1.807) is 0 Å². The van der Waals surface area contributed by atoms with E-state index in [0.29, 0.717) is 0 Å². The molecule has 2 aromatic carbocycles. The molecule has 11 nitrogen and oxygen atoms in total. The van der Waals surface area contributed by atoms with E-state index in [4.69, 9.17) is 9.47 Å². The van der Waals surface area contributed by atoms with Crippen LogP contribution in [0.3, 0.4) is 0 Å². The van der Waals surface area contributed by atoms with Crippen molar-refractivity contribution in [3.8, 4) is 11.1 Å². The molecule has 2 amide bonds. The predicted molar refractivity (Wildman–Crippen MR) is 128 cm³/mol. The number of amides is 2. The first-order chi connectivity index (χ1) is 17.6. The average molecular weight is 539 g/mol. The Bertz CT molecular complexity index is 1090. The number of hydrogen-bond donors (Lipinski definition) is 5. The van der Waals surface area contributed by atoms with Crippen molar-refractivity contribution >= 4 is 17.8 Å². The normalized spacial score (nSPS) is 24.4. The Kier molecular flexibility index (Phi) is 11.9. The van der Waals surface area contributed by atoms with Gasteiger partial charge in [-0.1, -0.05) is 54.6 Å². The minimum absolute atomic E-state index is 0. The van der Waals surface area contributed by atoms with Crippen molar-refractivity contribution < 1.29 is 73.8 Å². The zero-order chi connectivity index (χ0) is 27.2. The molecule has 1 aliphatic rings. The number of carbonyl (C=O) groups is 3. The summed E-state index contributed by atoms with van der Waals surface area (Å²) in [6, 6.07) is 15.9. The van der Waals surface area contributed by atoms with Gasteiger partial charge in [-0.05, 0) is 16.7 Å². The van der Waals surface area contributed by atoms with E-state index < -0.39 is 67.0 Å². The Labute approximate surface area is 242 Å². The second-order valence-corrected chi connectivity index (χ2v) is 8.93. The van der Waals surface area contributed by atoms with Crippen LogP contribution in [0.1, 0.15) is 18.9 Å². The van der Waals surface area contributed by atoms with Gasteiger partial charge in [0.05, 0.1) is 24.7 Å². The number of aliphatic hydroxyl groups is 3. The molecule has 1 heterocycles. The molecule has 6 atom stereocenters. The third-order valence-electron chi connectivity index (χ3n) is 6.25. The van der Waals surface area contributed by atoms with Gasteiger partial charge in [0.15, 0.2) is 0 Å². The molecule has 2 aromatic rings. The van der Waals surface area contributed by atoms with Gasteiger partial charge in [0.25, 0.3) is 0 Å². The summed E-state index contributed by atoms with van der Waals surface area (Å²) in [5, 5.41) is 48.3. The Hall–Kier alpha value is -2.35. The van der Waals surface area contributed by atoms with Gasteiger partial charge in [-0.15, -0.1) is 0 Å². The number of hydrogen-bond acceptors (Lipinski definition) is 9. The minimum atomic E-state index is -2.41. The predicted octanol–water partition coefficient (Wildman–Crippen LogP) is -4.51. The maximum absolute atomic E-state index is 12.4. The summed E-state index contributed by atoms with van der Waals surface area (Å²) in [6.45, 7) is 0.756. The van der Waals surface area contributed by atoms with Crippen molar-refractivity contribution in [3.05, 3.63) is 60.2 Å². The number of rotatable bonds is 10. The molecule has 0 aliphatic carbocycles. The van der Waals surface area contributed by atoms with Crippen LogP contribution < -0.4 is 45.3 Å². The molecule has 0 saturated carbocycles. The third kappa shape index (κ3) is 7.84. The van der Waals surface area contributed by atoms with Gasteiger partial charge < -0.3 is 45.3 Å². The number of carbonyl (C=O) groups excluding carboxylic acids is 3. The van der Waals surface area contributed by atoms with E-state index in [9.17, 15) is 34.8 Å². The monoisotopic (exact) mass is 538 g/mol. The van der Waals surface area contributed by atoms with Crippen molar-refractivity contribution in [1.29, 1.82) is 0 Å². The number of aliphatic hydroxyl groups excluding tert-OH is 3. The fraction of sp³-hybridized carbons (Fsp3) is 0.423. The molecular weight excluding hydrogens is 507 g/mol. The van der Waals surface area contributed by atoms with Crippen LogP contribution in [-0.4, -0.2) is 83.0 Å². The molecule has 5 N–H and O–H groups in total. The quantitative estimate of drug-likeness (QED) is 0.187. The first kappa shape index (κ1) is 31.9. The summed E-state index contributed by atoms with van der Waals surface area (Å²) in [7, 11) is 1.02. The molecule has 0 radical (unpaired) electrons. The van der Waals surface area contributed by atoms with E-state index in [2.05, 4.69) is 10.6 Å². The Morgan fingerprint density at radius 1 is 1.11 bits per heavy atom. The van der Waals surface area contributed by atoms with E-state index in [-0.39, 0.29) is 36.0 Å². The van der Waals surface area contributed by atoms with Crippen LogP contribution in [0, 0.1) is 0 Å². The van der Waals surface area contributed by atoms with Crippen LogP contribution in [0.5, 0.6) is 0 Å². The van der Waals surface area contributed by atoms with Crippen LogP contribution >= 0.6 is 0 Å². The Morgan fingerprint density at radius 2 is 1.71 bits per heavy atom. The fourth-order valence-electron chi connectivity index (χ4n) is 4.26. The van der Waals surface area contributed by atoms with Crippen LogP contribution in [0.4, 0.5) is 0 Å². The molecule has 38 heavy (non-hydrogen) atoms. The molecule has 1 saturated heterocycles. The van der Waals surface area contributed by atoms with Crippen LogP contribution in [0.15, 0.2) is 54.6 Å². The number of aliphatic carboxylic acids is 1. The molecule has 1 aliphatic heterocycles. The summed E-state index contributed by atoms with van der Waals surface area (Å²) >= 11 is 0. The van der Waals surface area contributed by atoms with Crippen molar-refractivity contribution in [2.24, 2.45) is 0 Å². The van der Waals surface area contributed by atoms with Gasteiger partial charge in [0, 0.05) is 27.0 Å². The van der Waals surface area contributed by atoms with Crippen LogP contribution in [-0.2, 0) is 30.3 Å². The van der Waals surface area contributed by atoms with Crippen molar-refractivity contribution in [1.82, 2.24) is 10.6 Å². The molecule has 1 fully saturated rings. The Morgan fingerprint density at radius 3 is 2.26 bits per heavy atom. The van der Waals surface area contributed by atoms with Gasteiger partial charge in [-0.2, -0.15) is 0 Å². The van der Waals surface area contributed by atoms with E-state index >= 15 is 0 Å². The zero-order valence-corrected chi connectivity index (χ0v) is 23.5. The topological polar surface area (TPSA) is 177 Å². The summed E-state index contributed by atoms with van der Waals surface area (Å²) in [6.07, 6.45) is -7.12. The summed E-state index contributed by atoms with van der Waals surface area (Å²) < 4.78 is 10.3. The van der Waals surface area contributed by atoms with Gasteiger partial charge in [-0.25, -0.2) is 0 Å². The van der Waals surface area contributed by atoms with Crippen molar-refractivity contribution in [3.63, 3.8) is 0 Å². The summed E-state index contributed by atoms with van der Waals surface area (Å²) in [5.41, 5.74) is 2.77. The number of carboxylic acid groups (broad SMARTS) is 1.